The fourth-order valence-corrected chi connectivity index (χ4v) is 2.48. The normalized spacial score (nSPS) is 13.2. The monoisotopic (exact) mass is 357 g/mol. The minimum absolute atomic E-state index is 0.0195. The Hall–Kier alpha value is -3.22. The van der Waals surface area contributed by atoms with Crippen LogP contribution in [0.4, 0.5) is 0 Å². The van der Waals surface area contributed by atoms with Gasteiger partial charge in [-0.05, 0) is 49.2 Å². The summed E-state index contributed by atoms with van der Waals surface area (Å²) < 4.78 is 15.6. The number of esters is 1. The van der Waals surface area contributed by atoms with Gasteiger partial charge in [0.25, 0.3) is 5.91 Å². The van der Waals surface area contributed by atoms with E-state index in [1.165, 1.54) is 19.1 Å². The predicted octanol–water partition coefficient (Wildman–Crippen LogP) is 2.29. The maximum Gasteiger partial charge on any atom is 0.342 e. The van der Waals surface area contributed by atoms with E-state index in [0.717, 1.165) is 11.1 Å². The molecule has 7 nitrogen and oxygen atoms in total. The molecule has 0 aromatic heterocycles. The van der Waals surface area contributed by atoms with E-state index in [2.05, 4.69) is 5.32 Å². The minimum atomic E-state index is -1.00. The Bertz CT molecular complexity index is 848. The van der Waals surface area contributed by atoms with Crippen LogP contribution in [0.2, 0.25) is 0 Å². The third-order valence-corrected chi connectivity index (χ3v) is 3.93. The molecule has 26 heavy (non-hydrogen) atoms. The number of aryl methyl sites for hydroxylation is 1. The van der Waals surface area contributed by atoms with E-state index < -0.39 is 18.0 Å². The Labute approximate surface area is 150 Å². The van der Waals surface area contributed by atoms with E-state index in [0.29, 0.717) is 11.5 Å². The summed E-state index contributed by atoms with van der Waals surface area (Å²) >= 11 is 0. The average molecular weight is 357 g/mol. The number of carbonyl (C=O) groups excluding carboxylic acids is 2. The maximum absolute atomic E-state index is 12.1. The van der Waals surface area contributed by atoms with Crippen LogP contribution in [0.3, 0.4) is 0 Å². The molecule has 0 bridgehead atoms. The van der Waals surface area contributed by atoms with Crippen LogP contribution in [-0.2, 0) is 16.1 Å². The van der Waals surface area contributed by atoms with Crippen LogP contribution in [0, 0.1) is 6.92 Å². The molecule has 0 radical (unpaired) electrons. The van der Waals surface area contributed by atoms with E-state index in [1.807, 2.05) is 6.07 Å². The molecule has 0 saturated carbocycles. The summed E-state index contributed by atoms with van der Waals surface area (Å²) in [6.45, 7) is 3.70. The van der Waals surface area contributed by atoms with Gasteiger partial charge in [0.1, 0.15) is 11.3 Å². The fraction of sp³-hybridized carbons (Fsp3) is 0.263. The van der Waals surface area contributed by atoms with Gasteiger partial charge in [0, 0.05) is 6.54 Å². The number of benzene rings is 2. The van der Waals surface area contributed by atoms with Crippen molar-refractivity contribution in [3.63, 3.8) is 0 Å². The predicted molar refractivity (Wildman–Crippen MR) is 92.1 cm³/mol. The van der Waals surface area contributed by atoms with Gasteiger partial charge < -0.3 is 24.6 Å². The molecule has 2 aromatic carbocycles. The largest absolute Gasteiger partial charge is 0.507 e. The Morgan fingerprint density at radius 2 is 1.96 bits per heavy atom. The van der Waals surface area contributed by atoms with Crippen molar-refractivity contribution in [2.24, 2.45) is 0 Å². The number of nitrogens with one attached hydrogen (secondary N) is 1. The number of carbonyl (C=O) groups is 2. The molecule has 1 heterocycles. The molecule has 0 aliphatic carbocycles. The third kappa shape index (κ3) is 3.88. The molecule has 2 N–H and O–H groups in total. The maximum atomic E-state index is 12.1. The SMILES string of the molecule is Cc1ccc(C(=O)OC(C)C(=O)NCc2ccc3c(c2)OCO3)c(O)c1. The summed E-state index contributed by atoms with van der Waals surface area (Å²) in [6.07, 6.45) is -1.00. The molecule has 1 atom stereocenters. The van der Waals surface area contributed by atoms with E-state index in [-0.39, 0.29) is 24.7 Å². The van der Waals surface area contributed by atoms with Crippen LogP contribution in [-0.4, -0.2) is 29.9 Å². The quantitative estimate of drug-likeness (QED) is 0.798. The van der Waals surface area contributed by atoms with Crippen molar-refractivity contribution in [1.82, 2.24) is 5.32 Å². The Morgan fingerprint density at radius 3 is 2.73 bits per heavy atom. The van der Waals surface area contributed by atoms with Crippen LogP contribution >= 0.6 is 0 Å². The molecule has 1 unspecified atom stereocenters. The molecule has 1 aliphatic heterocycles. The molecule has 136 valence electrons. The number of amides is 1. The number of phenolic OH excluding ortho intramolecular Hbond substituents is 1. The standard InChI is InChI=1S/C19H19NO6/c1-11-3-5-14(15(21)7-11)19(23)26-12(2)18(22)20-9-13-4-6-16-17(8-13)25-10-24-16/h3-8,12,21H,9-10H2,1-2H3,(H,20,22). The second-order valence-electron chi connectivity index (χ2n) is 5.97. The highest BCUT2D eigenvalue weighted by molar-refractivity contribution is 5.94. The van der Waals surface area contributed by atoms with Crippen LogP contribution in [0.5, 0.6) is 17.2 Å². The highest BCUT2D eigenvalue weighted by Gasteiger charge is 2.21. The molecule has 0 fully saturated rings. The van der Waals surface area contributed by atoms with Gasteiger partial charge in [-0.15, -0.1) is 0 Å². The van der Waals surface area contributed by atoms with Gasteiger partial charge >= 0.3 is 5.97 Å². The smallest absolute Gasteiger partial charge is 0.342 e. The van der Waals surface area contributed by atoms with Crippen molar-refractivity contribution in [2.75, 3.05) is 6.79 Å². The number of ether oxygens (including phenoxy) is 3. The minimum Gasteiger partial charge on any atom is -0.507 e. The lowest BCUT2D eigenvalue weighted by atomic mass is 10.1. The Morgan fingerprint density at radius 1 is 1.19 bits per heavy atom. The van der Waals surface area contributed by atoms with Crippen molar-refractivity contribution < 1.29 is 28.9 Å². The molecule has 0 spiro atoms. The van der Waals surface area contributed by atoms with Gasteiger partial charge in [-0.2, -0.15) is 0 Å². The Balaban J connectivity index is 1.55. The van der Waals surface area contributed by atoms with E-state index >= 15 is 0 Å². The molecule has 7 heteroatoms. The summed E-state index contributed by atoms with van der Waals surface area (Å²) in [6, 6.07) is 9.97. The number of rotatable bonds is 5. The topological polar surface area (TPSA) is 94.1 Å². The van der Waals surface area contributed by atoms with Gasteiger partial charge in [-0.25, -0.2) is 4.79 Å². The summed E-state index contributed by atoms with van der Waals surface area (Å²) in [5, 5.41) is 12.5. The number of hydrogen-bond donors (Lipinski definition) is 2. The number of phenols is 1. The van der Waals surface area contributed by atoms with Crippen molar-refractivity contribution in [2.45, 2.75) is 26.5 Å². The first-order valence-electron chi connectivity index (χ1n) is 8.11. The summed E-state index contributed by atoms with van der Waals surface area (Å²) in [4.78, 5) is 24.3. The van der Waals surface area contributed by atoms with Crippen LogP contribution in [0.15, 0.2) is 36.4 Å². The number of fused-ring (bicyclic) bond motifs is 1. The zero-order valence-corrected chi connectivity index (χ0v) is 14.4. The van der Waals surface area contributed by atoms with Crippen LogP contribution < -0.4 is 14.8 Å². The number of hydrogen-bond acceptors (Lipinski definition) is 6. The average Bonchev–Trinajstić information content (AvgIpc) is 3.07. The Kier molecular flexibility index (Phi) is 4.97. The molecular weight excluding hydrogens is 338 g/mol. The second kappa shape index (κ2) is 7.35. The van der Waals surface area contributed by atoms with Gasteiger partial charge in [0.15, 0.2) is 17.6 Å². The van der Waals surface area contributed by atoms with Gasteiger partial charge in [0.05, 0.1) is 0 Å². The van der Waals surface area contributed by atoms with E-state index in [9.17, 15) is 14.7 Å². The highest BCUT2D eigenvalue weighted by atomic mass is 16.7. The van der Waals surface area contributed by atoms with Crippen molar-refractivity contribution in [3.05, 3.63) is 53.1 Å². The van der Waals surface area contributed by atoms with E-state index in [1.54, 1.807) is 25.1 Å². The van der Waals surface area contributed by atoms with Crippen LogP contribution in [0.25, 0.3) is 0 Å². The first-order valence-corrected chi connectivity index (χ1v) is 8.11. The van der Waals surface area contributed by atoms with Crippen molar-refractivity contribution >= 4 is 11.9 Å². The van der Waals surface area contributed by atoms with Crippen LogP contribution in [0.1, 0.15) is 28.4 Å². The van der Waals surface area contributed by atoms with Gasteiger partial charge in [-0.1, -0.05) is 12.1 Å². The number of aromatic hydroxyl groups is 1. The van der Waals surface area contributed by atoms with Crippen molar-refractivity contribution in [1.29, 1.82) is 0 Å². The zero-order chi connectivity index (χ0) is 18.7. The lowest BCUT2D eigenvalue weighted by Gasteiger charge is -2.14. The van der Waals surface area contributed by atoms with Gasteiger partial charge in [0.2, 0.25) is 6.79 Å². The first kappa shape index (κ1) is 17.6. The molecule has 0 saturated heterocycles. The molecule has 3 rings (SSSR count). The summed E-state index contributed by atoms with van der Waals surface area (Å²) in [5.74, 6) is -0.0785. The second-order valence-corrected chi connectivity index (χ2v) is 5.97. The summed E-state index contributed by atoms with van der Waals surface area (Å²) in [7, 11) is 0. The van der Waals surface area contributed by atoms with E-state index in [4.69, 9.17) is 14.2 Å². The molecule has 1 amide bonds. The van der Waals surface area contributed by atoms with Crippen molar-refractivity contribution in [3.8, 4) is 17.2 Å². The molecule has 1 aliphatic rings. The third-order valence-electron chi connectivity index (χ3n) is 3.93. The lowest BCUT2D eigenvalue weighted by molar-refractivity contribution is -0.129. The zero-order valence-electron chi connectivity index (χ0n) is 14.4. The molecular formula is C19H19NO6. The molecule has 2 aromatic rings. The van der Waals surface area contributed by atoms with Gasteiger partial charge in [-0.3, -0.25) is 4.79 Å². The fourth-order valence-electron chi connectivity index (χ4n) is 2.48. The highest BCUT2D eigenvalue weighted by Crippen LogP contribution is 2.32. The first-order chi connectivity index (χ1) is 12.4. The summed E-state index contributed by atoms with van der Waals surface area (Å²) in [5.41, 5.74) is 1.66. The lowest BCUT2D eigenvalue weighted by Crippen LogP contribution is -2.35.